The zero-order chi connectivity index (χ0) is 19.0. The molecular weight excluding hydrogens is 384 g/mol. The zero-order valence-corrected chi connectivity index (χ0v) is 16.2. The minimum Gasteiger partial charge on any atom is -0.497 e. The predicted molar refractivity (Wildman–Crippen MR) is 105 cm³/mol. The van der Waals surface area contributed by atoms with E-state index in [1.807, 2.05) is 41.8 Å². The number of esters is 1. The van der Waals surface area contributed by atoms with Crippen molar-refractivity contribution in [1.82, 2.24) is 4.90 Å². The van der Waals surface area contributed by atoms with Gasteiger partial charge in [-0.1, -0.05) is 18.2 Å². The number of fused-ring (bicyclic) bond motifs is 1. The average Bonchev–Trinajstić information content (AvgIpc) is 3.25. The Balaban J connectivity index is 1.58. The predicted octanol–water partition coefficient (Wildman–Crippen LogP) is 2.45. The van der Waals surface area contributed by atoms with E-state index in [0.717, 1.165) is 21.8 Å². The number of thiophene rings is 1. The third kappa shape index (κ3) is 3.24. The summed E-state index contributed by atoms with van der Waals surface area (Å²) < 4.78 is 10.7. The number of hydrogen-bond donors (Lipinski definition) is 1. The first-order valence-corrected chi connectivity index (χ1v) is 10.3. The highest BCUT2D eigenvalue weighted by Gasteiger charge is 2.52. The molecule has 1 saturated heterocycles. The fourth-order valence-corrected chi connectivity index (χ4v) is 5.26. The molecule has 0 bridgehead atoms. The Kier molecular flexibility index (Phi) is 4.94. The molecule has 140 valence electrons. The van der Waals surface area contributed by atoms with Gasteiger partial charge >= 0.3 is 5.97 Å². The summed E-state index contributed by atoms with van der Waals surface area (Å²) in [4.78, 5) is 27.7. The summed E-state index contributed by atoms with van der Waals surface area (Å²) in [5.41, 5.74) is 7.89. The molecule has 0 aliphatic carbocycles. The molecule has 3 heterocycles. The van der Waals surface area contributed by atoms with Gasteiger partial charge in [0.05, 0.1) is 7.11 Å². The second-order valence-electron chi connectivity index (χ2n) is 6.16. The second-order valence-corrected chi connectivity index (χ2v) is 8.22. The van der Waals surface area contributed by atoms with E-state index < -0.39 is 12.0 Å². The van der Waals surface area contributed by atoms with E-state index in [2.05, 4.69) is 0 Å². The molecule has 1 amide bonds. The molecule has 2 aromatic rings. The Bertz CT molecular complexity index is 893. The minimum absolute atomic E-state index is 0.121. The molecule has 2 aliphatic rings. The van der Waals surface area contributed by atoms with Gasteiger partial charge in [0.15, 0.2) is 0 Å². The quantitative estimate of drug-likeness (QED) is 0.611. The fourth-order valence-electron chi connectivity index (χ4n) is 3.08. The number of benzene rings is 1. The summed E-state index contributed by atoms with van der Waals surface area (Å²) in [7, 11) is 1.60. The molecule has 0 saturated carbocycles. The highest BCUT2D eigenvalue weighted by molar-refractivity contribution is 8.00. The van der Waals surface area contributed by atoms with Crippen LogP contribution in [0.5, 0.6) is 5.75 Å². The Morgan fingerprint density at radius 1 is 1.30 bits per heavy atom. The molecule has 0 spiro atoms. The van der Waals surface area contributed by atoms with Crippen LogP contribution in [0, 0.1) is 0 Å². The largest absolute Gasteiger partial charge is 0.497 e. The van der Waals surface area contributed by atoms with E-state index in [0.29, 0.717) is 11.4 Å². The van der Waals surface area contributed by atoms with Crippen LogP contribution < -0.4 is 10.5 Å². The van der Waals surface area contributed by atoms with Crippen molar-refractivity contribution in [2.75, 3.05) is 12.9 Å². The summed E-state index contributed by atoms with van der Waals surface area (Å²) in [6, 6.07) is 10.6. The molecule has 1 fully saturated rings. The molecule has 2 aliphatic heterocycles. The standard InChI is InChI=1S/C19H18N2O4S2/c1-24-12-6-4-11(5-7-12)9-25-19(23)16-13(14-3-2-8-26-14)10-27-18-15(20)17(22)21(16)18/h2-8,15,18H,9-10,20H2,1H3/t15-,18+/m1/s1. The summed E-state index contributed by atoms with van der Waals surface area (Å²) in [6.07, 6.45) is 0. The van der Waals surface area contributed by atoms with E-state index in [1.165, 1.54) is 16.2 Å². The van der Waals surface area contributed by atoms with Crippen molar-refractivity contribution in [3.8, 4) is 5.75 Å². The summed E-state index contributed by atoms with van der Waals surface area (Å²) >= 11 is 3.11. The van der Waals surface area contributed by atoms with Gasteiger partial charge in [0, 0.05) is 16.2 Å². The van der Waals surface area contributed by atoms with E-state index >= 15 is 0 Å². The lowest BCUT2D eigenvalue weighted by molar-refractivity contribution is -0.151. The van der Waals surface area contributed by atoms with Crippen LogP contribution in [0.25, 0.3) is 5.57 Å². The monoisotopic (exact) mass is 402 g/mol. The first kappa shape index (κ1) is 18.1. The number of nitrogens with zero attached hydrogens (tertiary/aromatic N) is 1. The molecule has 2 N–H and O–H groups in total. The Morgan fingerprint density at radius 2 is 2.07 bits per heavy atom. The van der Waals surface area contributed by atoms with Crippen LogP contribution in [0.15, 0.2) is 47.5 Å². The van der Waals surface area contributed by atoms with Crippen molar-refractivity contribution >= 4 is 40.5 Å². The van der Waals surface area contributed by atoms with Gasteiger partial charge in [-0.15, -0.1) is 23.1 Å². The topological polar surface area (TPSA) is 81.9 Å². The molecule has 1 aromatic heterocycles. The van der Waals surface area contributed by atoms with Crippen LogP contribution in [0.2, 0.25) is 0 Å². The van der Waals surface area contributed by atoms with Gasteiger partial charge in [0.25, 0.3) is 0 Å². The lowest BCUT2D eigenvalue weighted by atomic mass is 10.0. The van der Waals surface area contributed by atoms with Crippen LogP contribution in [0.3, 0.4) is 0 Å². The van der Waals surface area contributed by atoms with Gasteiger partial charge in [-0.3, -0.25) is 9.69 Å². The van der Waals surface area contributed by atoms with Crippen molar-refractivity contribution in [2.24, 2.45) is 5.73 Å². The maximum Gasteiger partial charge on any atom is 0.355 e. The molecule has 4 rings (SSSR count). The minimum atomic E-state index is -0.565. The van der Waals surface area contributed by atoms with E-state index in [9.17, 15) is 9.59 Å². The SMILES string of the molecule is COc1ccc(COC(=O)C2=C(c3cccs3)CS[C@H]3[C@H](N)C(=O)N23)cc1. The lowest BCUT2D eigenvalue weighted by Gasteiger charge is -2.48. The number of methoxy groups -OCH3 is 1. The molecule has 27 heavy (non-hydrogen) atoms. The fraction of sp³-hybridized carbons (Fsp3) is 0.263. The van der Waals surface area contributed by atoms with Crippen LogP contribution in [-0.4, -0.2) is 41.1 Å². The molecule has 0 unspecified atom stereocenters. The third-order valence-corrected chi connectivity index (χ3v) is 6.78. The number of carbonyl (C=O) groups is 2. The van der Waals surface area contributed by atoms with Gasteiger partial charge in [0.1, 0.15) is 29.5 Å². The normalized spacial score (nSPS) is 21.6. The molecule has 8 heteroatoms. The van der Waals surface area contributed by atoms with Crippen LogP contribution >= 0.6 is 23.1 Å². The Hall–Kier alpha value is -2.29. The van der Waals surface area contributed by atoms with Crippen LogP contribution in [-0.2, 0) is 20.9 Å². The van der Waals surface area contributed by atoms with Crippen LogP contribution in [0.1, 0.15) is 10.4 Å². The van der Waals surface area contributed by atoms with E-state index in [-0.39, 0.29) is 17.9 Å². The smallest absolute Gasteiger partial charge is 0.355 e. The molecule has 6 nitrogen and oxygen atoms in total. The maximum absolute atomic E-state index is 12.9. The van der Waals surface area contributed by atoms with Gasteiger partial charge in [-0.25, -0.2) is 4.79 Å². The van der Waals surface area contributed by atoms with E-state index in [1.54, 1.807) is 18.9 Å². The van der Waals surface area contributed by atoms with Crippen molar-refractivity contribution < 1.29 is 19.1 Å². The first-order valence-electron chi connectivity index (χ1n) is 8.37. The maximum atomic E-state index is 12.9. The number of nitrogens with two attached hydrogens (primary N) is 1. The van der Waals surface area contributed by atoms with Gasteiger partial charge < -0.3 is 15.2 Å². The van der Waals surface area contributed by atoms with Crippen molar-refractivity contribution in [1.29, 1.82) is 0 Å². The first-order chi connectivity index (χ1) is 13.1. The van der Waals surface area contributed by atoms with Gasteiger partial charge in [-0.05, 0) is 29.1 Å². The summed E-state index contributed by atoms with van der Waals surface area (Å²) in [5, 5.41) is 1.74. The summed E-state index contributed by atoms with van der Waals surface area (Å²) in [6.45, 7) is 0.121. The molecule has 1 aromatic carbocycles. The lowest BCUT2D eigenvalue weighted by Crippen LogP contribution is -2.68. The average molecular weight is 402 g/mol. The second kappa shape index (κ2) is 7.38. The number of amides is 1. The number of thioether (sulfide) groups is 1. The number of rotatable bonds is 5. The van der Waals surface area contributed by atoms with Crippen molar-refractivity contribution in [2.45, 2.75) is 18.0 Å². The van der Waals surface area contributed by atoms with Crippen molar-refractivity contribution in [3.05, 3.63) is 57.9 Å². The van der Waals surface area contributed by atoms with Gasteiger partial charge in [-0.2, -0.15) is 0 Å². The third-order valence-electron chi connectivity index (χ3n) is 4.55. The van der Waals surface area contributed by atoms with E-state index in [4.69, 9.17) is 15.2 Å². The Labute approximate surface area is 164 Å². The molecule has 0 radical (unpaired) electrons. The number of ether oxygens (including phenoxy) is 2. The number of hydrogen-bond acceptors (Lipinski definition) is 7. The van der Waals surface area contributed by atoms with Gasteiger partial charge in [0.2, 0.25) is 5.91 Å². The highest BCUT2D eigenvalue weighted by Crippen LogP contribution is 2.43. The van der Waals surface area contributed by atoms with Crippen molar-refractivity contribution in [3.63, 3.8) is 0 Å². The molecular formula is C19H18N2O4S2. The number of carbonyl (C=O) groups excluding carboxylic acids is 2. The molecule has 2 atom stereocenters. The summed E-state index contributed by atoms with van der Waals surface area (Å²) in [5.74, 6) is 0.618. The van der Waals surface area contributed by atoms with Crippen LogP contribution in [0.4, 0.5) is 0 Å². The number of β-lactam (4-membered cyclic amide) rings is 1. The Morgan fingerprint density at radius 3 is 2.74 bits per heavy atom. The highest BCUT2D eigenvalue weighted by atomic mass is 32.2. The zero-order valence-electron chi connectivity index (χ0n) is 14.6.